The lowest BCUT2D eigenvalue weighted by atomic mass is 9.96. The van der Waals surface area contributed by atoms with Crippen LogP contribution in [0.25, 0.3) is 21.9 Å². The number of nitrogen functional groups attached to an aromatic ring is 1. The molecule has 0 spiro atoms. The first-order valence-electron chi connectivity index (χ1n) is 15.2. The Morgan fingerprint density at radius 2 is 1.84 bits per heavy atom. The van der Waals surface area contributed by atoms with Gasteiger partial charge in [-0.15, -0.1) is 0 Å². The lowest BCUT2D eigenvalue weighted by molar-refractivity contribution is -0.146. The molecular weight excluding hydrogens is 768 g/mol. The molecule has 0 bridgehead atoms. The summed E-state index contributed by atoms with van der Waals surface area (Å²) >= 11 is 1.95. The van der Waals surface area contributed by atoms with Crippen molar-refractivity contribution < 1.29 is 38.1 Å². The molecule has 2 aromatic heterocycles. The van der Waals surface area contributed by atoms with Crippen molar-refractivity contribution in [2.75, 3.05) is 24.7 Å². The van der Waals surface area contributed by atoms with E-state index in [9.17, 15) is 19.6 Å². The first kappa shape index (κ1) is 34.9. The third-order valence-corrected chi connectivity index (χ3v) is 10.4. The van der Waals surface area contributed by atoms with E-state index in [0.717, 1.165) is 10.9 Å². The van der Waals surface area contributed by atoms with Crippen molar-refractivity contribution in [1.82, 2.24) is 24.6 Å². The van der Waals surface area contributed by atoms with E-state index in [2.05, 4.69) is 25.4 Å². The monoisotopic (exact) mass is 803 g/mol. The summed E-state index contributed by atoms with van der Waals surface area (Å²) in [5.41, 5.74) is 5.45. The first-order valence-corrected chi connectivity index (χ1v) is 17.9. The largest absolute Gasteiger partial charge is 0.460 e. The van der Waals surface area contributed by atoms with Gasteiger partial charge in [0.2, 0.25) is 5.95 Å². The molecule has 0 aliphatic carbocycles. The molecule has 6 rings (SSSR count). The van der Waals surface area contributed by atoms with Crippen LogP contribution in [0.1, 0.15) is 25.6 Å². The topological polar surface area (TPSA) is 205 Å². The van der Waals surface area contributed by atoms with Crippen molar-refractivity contribution in [3.63, 3.8) is 0 Å². The minimum Gasteiger partial charge on any atom is -0.460 e. The molecule has 0 saturated carbocycles. The lowest BCUT2D eigenvalue weighted by Crippen LogP contribution is -2.45. The van der Waals surface area contributed by atoms with Gasteiger partial charge < -0.3 is 35.3 Å². The zero-order valence-electron chi connectivity index (χ0n) is 26.7. The SMILES string of the molecule is CNc1nc(N)nc2c1nc(I)n2[C@@H]1O[C@H](COP(=O)(N[C@@H](C)C(=O)OCc2ccccc2)Oc2cccc3ccccc23)[C@@H](O)[C@@]1(C)O. The molecule has 3 aromatic carbocycles. The van der Waals surface area contributed by atoms with Crippen molar-refractivity contribution in [1.29, 1.82) is 0 Å². The Labute approximate surface area is 294 Å². The van der Waals surface area contributed by atoms with Gasteiger partial charge in [0.15, 0.2) is 27.0 Å². The second-order valence-corrected chi connectivity index (χ2v) is 14.3. The normalized spacial score (nSPS) is 22.5. The van der Waals surface area contributed by atoms with Gasteiger partial charge in [0, 0.05) is 35.0 Å². The number of fused-ring (bicyclic) bond motifs is 2. The molecule has 5 aromatic rings. The average Bonchev–Trinajstić information content (AvgIpc) is 3.52. The van der Waals surface area contributed by atoms with Crippen molar-refractivity contribution in [2.24, 2.45) is 0 Å². The van der Waals surface area contributed by atoms with Gasteiger partial charge in [0.05, 0.1) is 6.61 Å². The molecule has 1 saturated heterocycles. The number of nitrogens with zero attached hydrogens (tertiary/aromatic N) is 4. The molecule has 6 N–H and O–H groups in total. The molecule has 1 unspecified atom stereocenters. The maximum atomic E-state index is 14.5. The van der Waals surface area contributed by atoms with Crippen LogP contribution in [-0.2, 0) is 30.0 Å². The van der Waals surface area contributed by atoms with E-state index in [-0.39, 0.29) is 24.0 Å². The summed E-state index contributed by atoms with van der Waals surface area (Å²) in [5, 5.41) is 29.9. The Balaban J connectivity index is 1.25. The summed E-state index contributed by atoms with van der Waals surface area (Å²) in [4.78, 5) is 26.0. The minimum absolute atomic E-state index is 0.00766. The molecule has 49 heavy (non-hydrogen) atoms. The maximum absolute atomic E-state index is 14.5. The van der Waals surface area contributed by atoms with Gasteiger partial charge in [-0.25, -0.2) is 9.55 Å². The quantitative estimate of drug-likeness (QED) is 0.0521. The van der Waals surface area contributed by atoms with E-state index < -0.39 is 50.4 Å². The Bertz CT molecular complexity index is 2030. The number of carbonyl (C=O) groups is 1. The van der Waals surface area contributed by atoms with Gasteiger partial charge in [-0.3, -0.25) is 13.9 Å². The highest BCUT2D eigenvalue weighted by Crippen LogP contribution is 2.49. The van der Waals surface area contributed by atoms with E-state index in [4.69, 9.17) is 24.3 Å². The van der Waals surface area contributed by atoms with Crippen LogP contribution in [0.15, 0.2) is 72.8 Å². The summed E-state index contributed by atoms with van der Waals surface area (Å²) in [6.07, 6.45) is -3.97. The average molecular weight is 804 g/mol. The van der Waals surface area contributed by atoms with Crippen LogP contribution in [0, 0.1) is 3.83 Å². The number of ether oxygens (including phenoxy) is 2. The molecular formula is C32H35IN7O8P. The van der Waals surface area contributed by atoms with Gasteiger partial charge in [0.1, 0.15) is 36.2 Å². The number of anilines is 2. The van der Waals surface area contributed by atoms with Crippen molar-refractivity contribution >= 4 is 70.0 Å². The van der Waals surface area contributed by atoms with Crippen LogP contribution in [0.3, 0.4) is 0 Å². The summed E-state index contributed by atoms with van der Waals surface area (Å²) in [6.45, 7) is 2.35. The van der Waals surface area contributed by atoms with Crippen LogP contribution >= 0.6 is 30.3 Å². The van der Waals surface area contributed by atoms with Gasteiger partial charge in [0.25, 0.3) is 0 Å². The fourth-order valence-electron chi connectivity index (χ4n) is 5.51. The minimum atomic E-state index is -4.41. The lowest BCUT2D eigenvalue weighted by Gasteiger charge is -2.28. The Morgan fingerprint density at radius 3 is 2.59 bits per heavy atom. The number of esters is 1. The van der Waals surface area contributed by atoms with Crippen molar-refractivity contribution in [3.05, 3.63) is 82.2 Å². The first-order chi connectivity index (χ1) is 23.4. The third-order valence-electron chi connectivity index (χ3n) is 8.05. The molecule has 17 heteroatoms. The second-order valence-electron chi connectivity index (χ2n) is 11.6. The Morgan fingerprint density at radius 1 is 1.12 bits per heavy atom. The molecule has 6 atom stereocenters. The molecule has 1 aliphatic heterocycles. The highest BCUT2D eigenvalue weighted by atomic mass is 127. The van der Waals surface area contributed by atoms with Gasteiger partial charge in [-0.05, 0) is 30.9 Å². The number of nitrogens with two attached hydrogens (primary N) is 1. The van der Waals surface area contributed by atoms with Crippen LogP contribution in [0.4, 0.5) is 11.8 Å². The van der Waals surface area contributed by atoms with Crippen LogP contribution in [0.5, 0.6) is 5.75 Å². The smallest absolute Gasteiger partial charge is 0.459 e. The number of hydrogen-bond donors (Lipinski definition) is 5. The van der Waals surface area contributed by atoms with Gasteiger partial charge in [-0.1, -0.05) is 66.7 Å². The Kier molecular flexibility index (Phi) is 10.1. The molecule has 3 heterocycles. The van der Waals surface area contributed by atoms with E-state index in [0.29, 0.717) is 20.6 Å². The summed E-state index contributed by atoms with van der Waals surface area (Å²) in [6, 6.07) is 20.5. The number of carbonyl (C=O) groups excluding carboxylic acids is 1. The maximum Gasteiger partial charge on any atom is 0.459 e. The van der Waals surface area contributed by atoms with Crippen molar-refractivity contribution in [3.8, 4) is 5.75 Å². The van der Waals surface area contributed by atoms with Gasteiger partial charge >= 0.3 is 13.7 Å². The third kappa shape index (κ3) is 7.21. The van der Waals surface area contributed by atoms with E-state index in [1.54, 1.807) is 25.2 Å². The van der Waals surface area contributed by atoms with Crippen molar-refractivity contribution in [2.45, 2.75) is 50.5 Å². The molecule has 1 fully saturated rings. The van der Waals surface area contributed by atoms with Crippen LogP contribution in [0.2, 0.25) is 0 Å². The predicted octanol–water partition coefficient (Wildman–Crippen LogP) is 4.14. The Hall–Kier alpha value is -3.90. The molecule has 0 amide bonds. The van der Waals surface area contributed by atoms with E-state index in [1.165, 1.54) is 18.4 Å². The van der Waals surface area contributed by atoms with Gasteiger partial charge in [-0.2, -0.15) is 15.1 Å². The fourth-order valence-corrected chi connectivity index (χ4v) is 7.75. The number of benzene rings is 3. The zero-order chi connectivity index (χ0) is 34.9. The summed E-state index contributed by atoms with van der Waals surface area (Å²) in [7, 11) is -2.75. The molecule has 258 valence electrons. The number of halogens is 1. The van der Waals surface area contributed by atoms with E-state index in [1.807, 2.05) is 77.2 Å². The molecule has 1 aliphatic rings. The number of hydrogen-bond acceptors (Lipinski definition) is 13. The number of rotatable bonds is 12. The standard InChI is InChI=1S/C32H35IN7O8P/c1-18(28(42)45-16-19-10-5-4-6-11-19)39-49(44,48-22-15-9-13-20-12-7-8-14-21(20)22)46-17-23-25(41)32(2,43)29(47-23)40-27-24(36-30(40)33)26(35-3)37-31(34)38-27/h4-15,18,23,25,29,41,43H,16-17H2,1-3H3,(H,39,44)(H3,34,35,37,38)/t18-,23+,25+,29+,32+,49?/m0/s1. The number of aromatic nitrogens is 4. The summed E-state index contributed by atoms with van der Waals surface area (Å²) < 4.78 is 39.9. The highest BCUT2D eigenvalue weighted by molar-refractivity contribution is 14.1. The number of imidazole rings is 1. The predicted molar refractivity (Wildman–Crippen MR) is 190 cm³/mol. The molecule has 15 nitrogen and oxygen atoms in total. The van der Waals surface area contributed by atoms with E-state index >= 15 is 0 Å². The number of aliphatic hydroxyl groups excluding tert-OH is 1. The highest BCUT2D eigenvalue weighted by Gasteiger charge is 2.55. The summed E-state index contributed by atoms with van der Waals surface area (Å²) in [5.74, 6) is -0.139. The number of aliphatic hydroxyl groups is 2. The fraction of sp³-hybridized carbons (Fsp3) is 0.312. The number of nitrogens with one attached hydrogen (secondary N) is 2. The van der Waals surface area contributed by atoms with Crippen LogP contribution < -0.4 is 20.7 Å². The molecule has 0 radical (unpaired) electrons. The zero-order valence-corrected chi connectivity index (χ0v) is 29.7. The van der Waals surface area contributed by atoms with Crippen LogP contribution in [-0.4, -0.2) is 73.2 Å². The second kappa shape index (κ2) is 14.1.